The molecule has 0 atom stereocenters. The molecule has 10 heteroatoms. The first-order valence-electron chi connectivity index (χ1n) is 7.16. The fourth-order valence-electron chi connectivity index (χ4n) is 2.17. The average molecular weight is 403 g/mol. The first-order chi connectivity index (χ1) is 11.7. The molecule has 4 aromatic rings. The van der Waals surface area contributed by atoms with E-state index in [-0.39, 0.29) is 0 Å². The molecule has 0 N–H and O–H groups in total. The van der Waals surface area contributed by atoms with E-state index < -0.39 is 0 Å². The maximum atomic E-state index is 4.45. The first kappa shape index (κ1) is 15.2. The highest BCUT2D eigenvalue weighted by molar-refractivity contribution is 9.10. The van der Waals surface area contributed by atoms with Crippen LogP contribution in [0.1, 0.15) is 12.6 Å². The third-order valence-electron chi connectivity index (χ3n) is 3.34. The molecule has 24 heavy (non-hydrogen) atoms. The average Bonchev–Trinajstić information content (AvgIpc) is 3.24. The van der Waals surface area contributed by atoms with Crippen molar-refractivity contribution in [2.75, 3.05) is 0 Å². The molecule has 0 bridgehead atoms. The summed E-state index contributed by atoms with van der Waals surface area (Å²) in [5.41, 5.74) is 1.82. The highest BCUT2D eigenvalue weighted by Gasteiger charge is 2.14. The third kappa shape index (κ3) is 2.78. The first-order valence-corrected chi connectivity index (χ1v) is 8.77. The Morgan fingerprint density at radius 3 is 2.83 bits per heavy atom. The molecule has 3 heterocycles. The summed E-state index contributed by atoms with van der Waals surface area (Å²) in [7, 11) is 0. The van der Waals surface area contributed by atoms with Gasteiger partial charge in [0.15, 0.2) is 0 Å². The van der Waals surface area contributed by atoms with Gasteiger partial charge in [0.2, 0.25) is 5.16 Å². The number of hydrogen-bond acceptors (Lipinski definition) is 7. The molecular formula is C14H11BrN8S. The van der Waals surface area contributed by atoms with Crippen molar-refractivity contribution >= 4 is 33.5 Å². The Kier molecular flexibility index (Phi) is 3.98. The Balaban J connectivity index is 1.76. The van der Waals surface area contributed by atoms with Crippen LogP contribution in [0, 0.1) is 0 Å². The zero-order valence-corrected chi connectivity index (χ0v) is 14.9. The molecule has 0 amide bonds. The molecule has 0 aliphatic rings. The van der Waals surface area contributed by atoms with Gasteiger partial charge in [-0.2, -0.15) is 19.3 Å². The van der Waals surface area contributed by atoms with Gasteiger partial charge in [0.05, 0.1) is 5.69 Å². The van der Waals surface area contributed by atoms with Crippen LogP contribution in [-0.2, 0) is 6.42 Å². The summed E-state index contributed by atoms with van der Waals surface area (Å²) in [6.07, 6.45) is 2.30. The second-order valence-corrected chi connectivity index (χ2v) is 6.77. The van der Waals surface area contributed by atoms with E-state index in [1.165, 1.54) is 18.1 Å². The second-order valence-electron chi connectivity index (χ2n) is 4.86. The predicted octanol–water partition coefficient (Wildman–Crippen LogP) is 2.58. The Morgan fingerprint density at radius 1 is 1.21 bits per heavy atom. The number of hydrogen-bond donors (Lipinski definition) is 0. The Labute approximate surface area is 149 Å². The van der Waals surface area contributed by atoms with E-state index in [4.69, 9.17) is 0 Å². The van der Waals surface area contributed by atoms with Crippen molar-refractivity contribution in [1.29, 1.82) is 0 Å². The van der Waals surface area contributed by atoms with Crippen LogP contribution in [0.5, 0.6) is 0 Å². The standard InChI is InChI=1S/C14H11BrN8S/c1-2-10-7-12(23-13(18-10)16-8-17-23)24-14-19-20-21-22(14)11-5-3-9(15)4-6-11/h3-8H,2H2,1H3. The van der Waals surface area contributed by atoms with Gasteiger partial charge in [-0.25, -0.2) is 4.98 Å². The maximum absolute atomic E-state index is 4.45. The van der Waals surface area contributed by atoms with Gasteiger partial charge in [0.1, 0.15) is 11.4 Å². The fourth-order valence-corrected chi connectivity index (χ4v) is 3.33. The van der Waals surface area contributed by atoms with E-state index in [1.54, 1.807) is 9.20 Å². The van der Waals surface area contributed by atoms with Crippen LogP contribution >= 0.6 is 27.7 Å². The topological polar surface area (TPSA) is 86.7 Å². The molecule has 0 spiro atoms. The van der Waals surface area contributed by atoms with Crippen molar-refractivity contribution in [1.82, 2.24) is 39.8 Å². The number of aryl methyl sites for hydroxylation is 1. The number of rotatable bonds is 4. The second kappa shape index (κ2) is 6.29. The summed E-state index contributed by atoms with van der Waals surface area (Å²) in [6, 6.07) is 9.76. The van der Waals surface area contributed by atoms with E-state index in [9.17, 15) is 0 Å². The normalized spacial score (nSPS) is 11.2. The predicted molar refractivity (Wildman–Crippen MR) is 91.1 cm³/mol. The van der Waals surface area contributed by atoms with Gasteiger partial charge in [0.25, 0.3) is 5.78 Å². The van der Waals surface area contributed by atoms with Crippen LogP contribution in [0.25, 0.3) is 11.5 Å². The van der Waals surface area contributed by atoms with Crippen molar-refractivity contribution < 1.29 is 0 Å². The van der Waals surface area contributed by atoms with E-state index >= 15 is 0 Å². The molecule has 0 saturated heterocycles. The number of fused-ring (bicyclic) bond motifs is 1. The van der Waals surface area contributed by atoms with Crippen LogP contribution in [-0.4, -0.2) is 39.8 Å². The van der Waals surface area contributed by atoms with E-state index in [0.29, 0.717) is 10.9 Å². The largest absolute Gasteiger partial charge is 0.253 e. The Morgan fingerprint density at radius 2 is 2.04 bits per heavy atom. The molecular weight excluding hydrogens is 392 g/mol. The number of aromatic nitrogens is 8. The monoisotopic (exact) mass is 402 g/mol. The molecule has 120 valence electrons. The van der Waals surface area contributed by atoms with Crippen LogP contribution < -0.4 is 0 Å². The maximum Gasteiger partial charge on any atom is 0.253 e. The molecule has 0 unspecified atom stereocenters. The lowest BCUT2D eigenvalue weighted by Gasteiger charge is -2.06. The molecule has 4 rings (SSSR count). The smallest absolute Gasteiger partial charge is 0.216 e. The third-order valence-corrected chi connectivity index (χ3v) is 4.81. The highest BCUT2D eigenvalue weighted by atomic mass is 79.9. The quantitative estimate of drug-likeness (QED) is 0.484. The molecule has 1 aromatic carbocycles. The van der Waals surface area contributed by atoms with E-state index in [0.717, 1.165) is 27.3 Å². The summed E-state index contributed by atoms with van der Waals surface area (Å²) < 4.78 is 4.37. The van der Waals surface area contributed by atoms with E-state index in [1.807, 2.05) is 30.3 Å². The molecule has 0 radical (unpaired) electrons. The summed E-state index contributed by atoms with van der Waals surface area (Å²) in [5.74, 6) is 0.569. The van der Waals surface area contributed by atoms with Gasteiger partial charge in [-0.3, -0.25) is 0 Å². The fraction of sp³-hybridized carbons (Fsp3) is 0.143. The summed E-state index contributed by atoms with van der Waals surface area (Å²) in [4.78, 5) is 8.62. The minimum atomic E-state index is 0.569. The van der Waals surface area contributed by atoms with Crippen molar-refractivity contribution in [3.8, 4) is 5.69 Å². The molecule has 0 saturated carbocycles. The lowest BCUT2D eigenvalue weighted by Crippen LogP contribution is -2.02. The van der Waals surface area contributed by atoms with Crippen LogP contribution in [0.15, 0.2) is 51.3 Å². The summed E-state index contributed by atoms with van der Waals surface area (Å²) in [5, 5.41) is 17.7. The van der Waals surface area contributed by atoms with Gasteiger partial charge in [0, 0.05) is 10.2 Å². The Bertz CT molecular complexity index is 994. The molecule has 0 aliphatic heterocycles. The minimum absolute atomic E-state index is 0.569. The van der Waals surface area contributed by atoms with Gasteiger partial charge < -0.3 is 0 Å². The van der Waals surface area contributed by atoms with Gasteiger partial charge in [-0.1, -0.05) is 22.9 Å². The SMILES string of the molecule is CCc1cc(Sc2nnnn2-c2ccc(Br)cc2)n2ncnc2n1. The molecule has 3 aromatic heterocycles. The van der Waals surface area contributed by atoms with E-state index in [2.05, 4.69) is 53.4 Å². The van der Waals surface area contributed by atoms with Gasteiger partial charge in [-0.05, 0) is 58.9 Å². The lowest BCUT2D eigenvalue weighted by atomic mass is 10.3. The van der Waals surface area contributed by atoms with Crippen LogP contribution in [0.3, 0.4) is 0 Å². The van der Waals surface area contributed by atoms with Crippen molar-refractivity contribution in [3.05, 3.63) is 46.8 Å². The zero-order valence-electron chi connectivity index (χ0n) is 12.5. The lowest BCUT2D eigenvalue weighted by molar-refractivity contribution is 0.752. The van der Waals surface area contributed by atoms with Crippen LogP contribution in [0.4, 0.5) is 0 Å². The van der Waals surface area contributed by atoms with Crippen molar-refractivity contribution in [2.45, 2.75) is 23.5 Å². The highest BCUT2D eigenvalue weighted by Crippen LogP contribution is 2.27. The zero-order chi connectivity index (χ0) is 16.5. The summed E-state index contributed by atoms with van der Waals surface area (Å²) in [6.45, 7) is 2.05. The van der Waals surface area contributed by atoms with Crippen molar-refractivity contribution in [2.24, 2.45) is 0 Å². The van der Waals surface area contributed by atoms with Crippen molar-refractivity contribution in [3.63, 3.8) is 0 Å². The molecule has 0 aliphatic carbocycles. The minimum Gasteiger partial charge on any atom is -0.216 e. The van der Waals surface area contributed by atoms with Crippen LogP contribution in [0.2, 0.25) is 0 Å². The molecule has 0 fully saturated rings. The van der Waals surface area contributed by atoms with Gasteiger partial charge >= 0.3 is 0 Å². The summed E-state index contributed by atoms with van der Waals surface area (Å²) >= 11 is 4.85. The number of benzene rings is 1. The number of tetrazole rings is 1. The Hall–Kier alpha value is -2.33. The van der Waals surface area contributed by atoms with Gasteiger partial charge in [-0.15, -0.1) is 5.10 Å². The number of nitrogens with zero attached hydrogens (tertiary/aromatic N) is 8. The molecule has 8 nitrogen and oxygen atoms in total. The number of halogens is 1.